The molecule has 0 radical (unpaired) electrons. The number of hydrogen-bond acceptors (Lipinski definition) is 5. The quantitative estimate of drug-likeness (QED) is 0.241. The number of amides is 2. The van der Waals surface area contributed by atoms with Crippen LogP contribution in [0.2, 0.25) is 0 Å². The van der Waals surface area contributed by atoms with Crippen molar-refractivity contribution in [3.8, 4) is 6.07 Å². The Morgan fingerprint density at radius 1 is 1.15 bits per heavy atom. The van der Waals surface area contributed by atoms with Crippen LogP contribution in [-0.2, 0) is 17.5 Å². The molecule has 2 aromatic carbocycles. The summed E-state index contributed by atoms with van der Waals surface area (Å²) >= 11 is 5.49. The van der Waals surface area contributed by atoms with Gasteiger partial charge in [0, 0.05) is 35.6 Å². The molecular weight excluding hydrogens is 560 g/mol. The van der Waals surface area contributed by atoms with Crippen LogP contribution in [0.25, 0.3) is 11.0 Å². The number of aromatic nitrogens is 2. The zero-order chi connectivity index (χ0) is 29.7. The van der Waals surface area contributed by atoms with Crippen LogP contribution in [0.3, 0.4) is 0 Å². The molecule has 2 N–H and O–H groups in total. The van der Waals surface area contributed by atoms with Gasteiger partial charge in [-0.05, 0) is 68.5 Å². The summed E-state index contributed by atoms with van der Waals surface area (Å²) in [7, 11) is 0. The van der Waals surface area contributed by atoms with E-state index in [1.165, 1.54) is 49.2 Å². The number of rotatable bonds is 5. The van der Waals surface area contributed by atoms with Crippen LogP contribution in [0.4, 0.5) is 28.9 Å². The minimum atomic E-state index is -4.83. The second kappa shape index (κ2) is 9.97. The molecule has 41 heavy (non-hydrogen) atoms. The SMILES string of the molecule is CC1(C)C(=O)N(c2ccc(C#N)c(C(F)(F)F)c2)C(=S)N1c1ccc(CNC(=O)c2cnc3[nH]ccc3c2)c(F)c1. The first-order valence-corrected chi connectivity index (χ1v) is 12.5. The Hall–Kier alpha value is -4.83. The lowest BCUT2D eigenvalue weighted by atomic mass is 10.0. The number of carbonyl (C=O) groups excluding carboxylic acids is 2. The molecule has 0 aliphatic carbocycles. The van der Waals surface area contributed by atoms with E-state index in [9.17, 15) is 22.8 Å². The number of pyridine rings is 1. The largest absolute Gasteiger partial charge is 0.417 e. The molecule has 1 aliphatic heterocycles. The standard InChI is InChI=1S/C28H20F4N6O2S/c1-27(2)25(40)37(19-5-3-16(12-33)21(10-19)28(30,31)32)26(41)38(27)20-6-4-17(22(29)11-20)13-36-24(39)18-9-15-7-8-34-23(15)35-14-18/h3-11,14H,13H2,1-2H3,(H,34,35)(H,36,39). The Morgan fingerprint density at radius 3 is 2.56 bits per heavy atom. The molecule has 8 nitrogen and oxygen atoms in total. The number of aromatic amines is 1. The number of halogens is 4. The number of H-pyrrole nitrogens is 1. The van der Waals surface area contributed by atoms with Crippen LogP contribution >= 0.6 is 12.2 Å². The molecule has 3 heterocycles. The molecule has 1 aliphatic rings. The fraction of sp³-hybridized carbons (Fsp3) is 0.179. The zero-order valence-corrected chi connectivity index (χ0v) is 22.3. The molecule has 208 valence electrons. The molecule has 0 atom stereocenters. The van der Waals surface area contributed by atoms with Gasteiger partial charge in [0.1, 0.15) is 17.0 Å². The number of benzene rings is 2. The number of carbonyl (C=O) groups is 2. The topological polar surface area (TPSA) is 105 Å². The Kier molecular flexibility index (Phi) is 6.74. The van der Waals surface area contributed by atoms with E-state index in [1.807, 2.05) is 0 Å². The van der Waals surface area contributed by atoms with Gasteiger partial charge in [0.05, 0.1) is 28.4 Å². The molecule has 1 saturated heterocycles. The molecule has 13 heteroatoms. The summed E-state index contributed by atoms with van der Waals surface area (Å²) in [6.07, 6.45) is -1.74. The summed E-state index contributed by atoms with van der Waals surface area (Å²) in [6.45, 7) is 2.88. The van der Waals surface area contributed by atoms with Gasteiger partial charge in [0.25, 0.3) is 11.8 Å². The molecule has 0 spiro atoms. The highest BCUT2D eigenvalue weighted by molar-refractivity contribution is 7.81. The molecule has 1 fully saturated rings. The van der Waals surface area contributed by atoms with E-state index in [1.54, 1.807) is 18.3 Å². The first-order valence-electron chi connectivity index (χ1n) is 12.1. The molecule has 2 amide bonds. The third-order valence-electron chi connectivity index (χ3n) is 6.75. The van der Waals surface area contributed by atoms with Gasteiger partial charge in [0.15, 0.2) is 5.11 Å². The number of nitriles is 1. The first kappa shape index (κ1) is 27.7. The molecule has 5 rings (SSSR count). The number of nitrogens with zero attached hydrogens (tertiary/aromatic N) is 4. The Bertz CT molecular complexity index is 1780. The molecule has 0 unspecified atom stereocenters. The highest BCUT2D eigenvalue weighted by atomic mass is 32.1. The average Bonchev–Trinajstić information content (AvgIpc) is 3.46. The number of thiocarbonyl (C=S) groups is 1. The smallest absolute Gasteiger partial charge is 0.348 e. The molecule has 0 saturated carbocycles. The monoisotopic (exact) mass is 580 g/mol. The van der Waals surface area contributed by atoms with Crippen molar-refractivity contribution in [1.29, 1.82) is 5.26 Å². The summed E-state index contributed by atoms with van der Waals surface area (Å²) in [5.41, 5.74) is -2.08. The van der Waals surface area contributed by atoms with Gasteiger partial charge in [-0.2, -0.15) is 18.4 Å². The Morgan fingerprint density at radius 2 is 1.88 bits per heavy atom. The molecular formula is C28H20F4N6O2S. The van der Waals surface area contributed by atoms with Crippen molar-refractivity contribution in [3.05, 3.63) is 89.0 Å². The van der Waals surface area contributed by atoms with Crippen LogP contribution in [0.5, 0.6) is 0 Å². The molecule has 4 aromatic rings. The van der Waals surface area contributed by atoms with Crippen LogP contribution in [0, 0.1) is 17.1 Å². The molecule has 0 bridgehead atoms. The van der Waals surface area contributed by atoms with Gasteiger partial charge in [-0.15, -0.1) is 0 Å². The van der Waals surface area contributed by atoms with Crippen molar-refractivity contribution >= 4 is 51.6 Å². The zero-order valence-electron chi connectivity index (χ0n) is 21.5. The highest BCUT2D eigenvalue weighted by Crippen LogP contribution is 2.40. The van der Waals surface area contributed by atoms with Gasteiger partial charge in [0.2, 0.25) is 0 Å². The van der Waals surface area contributed by atoms with Gasteiger partial charge in [-0.25, -0.2) is 9.37 Å². The summed E-state index contributed by atoms with van der Waals surface area (Å²) in [4.78, 5) is 35.3. The van der Waals surface area contributed by atoms with Crippen molar-refractivity contribution in [3.63, 3.8) is 0 Å². The van der Waals surface area contributed by atoms with E-state index in [-0.39, 0.29) is 28.6 Å². The highest BCUT2D eigenvalue weighted by Gasteiger charge is 2.50. The Balaban J connectivity index is 1.38. The minimum Gasteiger partial charge on any atom is -0.348 e. The number of anilines is 2. The van der Waals surface area contributed by atoms with E-state index in [2.05, 4.69) is 15.3 Å². The van der Waals surface area contributed by atoms with Crippen molar-refractivity contribution < 1.29 is 27.2 Å². The van der Waals surface area contributed by atoms with Crippen molar-refractivity contribution in [1.82, 2.24) is 15.3 Å². The number of hydrogen-bond donors (Lipinski definition) is 2. The van der Waals surface area contributed by atoms with Gasteiger partial charge >= 0.3 is 6.18 Å². The van der Waals surface area contributed by atoms with Crippen LogP contribution < -0.4 is 15.1 Å². The summed E-state index contributed by atoms with van der Waals surface area (Å²) < 4.78 is 55.9. The second-order valence-corrected chi connectivity index (χ2v) is 10.1. The first-order chi connectivity index (χ1) is 19.3. The number of nitrogens with one attached hydrogen (secondary N) is 2. The summed E-state index contributed by atoms with van der Waals surface area (Å²) in [6, 6.07) is 11.8. The number of fused-ring (bicyclic) bond motifs is 1. The van der Waals surface area contributed by atoms with Gasteiger partial charge in [-0.1, -0.05) is 6.07 Å². The lowest BCUT2D eigenvalue weighted by molar-refractivity contribution is -0.137. The van der Waals surface area contributed by atoms with E-state index < -0.39 is 40.5 Å². The third kappa shape index (κ3) is 4.87. The van der Waals surface area contributed by atoms with Crippen molar-refractivity contribution in [2.45, 2.75) is 32.1 Å². The predicted octanol–water partition coefficient (Wildman–Crippen LogP) is 5.44. The van der Waals surface area contributed by atoms with Crippen molar-refractivity contribution in [2.24, 2.45) is 0 Å². The minimum absolute atomic E-state index is 0.138. The lowest BCUT2D eigenvalue weighted by Gasteiger charge is -2.29. The van der Waals surface area contributed by atoms with E-state index >= 15 is 4.39 Å². The normalized spacial score (nSPS) is 15.0. The second-order valence-electron chi connectivity index (χ2n) is 9.75. The van der Waals surface area contributed by atoms with Gasteiger partial charge < -0.3 is 15.2 Å². The fourth-order valence-corrected chi connectivity index (χ4v) is 5.14. The maximum Gasteiger partial charge on any atom is 0.417 e. The van der Waals surface area contributed by atoms with Crippen LogP contribution in [0.15, 0.2) is 60.9 Å². The van der Waals surface area contributed by atoms with E-state index in [0.717, 1.165) is 22.4 Å². The van der Waals surface area contributed by atoms with Gasteiger partial charge in [-0.3, -0.25) is 14.5 Å². The van der Waals surface area contributed by atoms with Crippen LogP contribution in [0.1, 0.15) is 40.9 Å². The van der Waals surface area contributed by atoms with Crippen molar-refractivity contribution in [2.75, 3.05) is 9.80 Å². The fourth-order valence-electron chi connectivity index (χ4n) is 4.62. The summed E-state index contributed by atoms with van der Waals surface area (Å²) in [5.74, 6) is -1.78. The Labute approximate surface area is 236 Å². The van der Waals surface area contributed by atoms with E-state index in [4.69, 9.17) is 17.5 Å². The number of alkyl halides is 3. The predicted molar refractivity (Wildman–Crippen MR) is 146 cm³/mol. The summed E-state index contributed by atoms with van der Waals surface area (Å²) in [5, 5.41) is 12.3. The van der Waals surface area contributed by atoms with E-state index in [0.29, 0.717) is 17.3 Å². The van der Waals surface area contributed by atoms with Crippen LogP contribution in [-0.4, -0.2) is 32.4 Å². The molecule has 2 aromatic heterocycles. The maximum atomic E-state index is 15.2. The maximum absolute atomic E-state index is 15.2. The average molecular weight is 581 g/mol. The lowest BCUT2D eigenvalue weighted by Crippen LogP contribution is -2.44. The third-order valence-corrected chi connectivity index (χ3v) is 7.12.